The molecule has 1 aromatic carbocycles. The van der Waals surface area contributed by atoms with Crippen molar-refractivity contribution < 1.29 is 9.47 Å². The average molecular weight is 249 g/mol. The van der Waals surface area contributed by atoms with Crippen LogP contribution < -0.4 is 10.5 Å². The fraction of sp³-hybridized carbons (Fsp3) is 0.600. The average Bonchev–Trinajstić information content (AvgIpc) is 2.30. The molecule has 0 fully saturated rings. The number of hydrogen-bond acceptors (Lipinski definition) is 3. The zero-order chi connectivity index (χ0) is 13.3. The smallest absolute Gasteiger partial charge is 0.124 e. The van der Waals surface area contributed by atoms with Crippen LogP contribution in [0.2, 0.25) is 0 Å². The summed E-state index contributed by atoms with van der Waals surface area (Å²) >= 11 is 0. The maximum absolute atomic E-state index is 6.25. The zero-order valence-electron chi connectivity index (χ0n) is 11.7. The summed E-state index contributed by atoms with van der Waals surface area (Å²) in [7, 11) is 1.74. The minimum atomic E-state index is -0.174. The Morgan fingerprint density at radius 2 is 2.17 bits per heavy atom. The topological polar surface area (TPSA) is 44.5 Å². The molecule has 1 aromatic rings. The van der Waals surface area contributed by atoms with Crippen LogP contribution in [0.1, 0.15) is 43.9 Å². The van der Waals surface area contributed by atoms with Gasteiger partial charge in [-0.2, -0.15) is 0 Å². The van der Waals surface area contributed by atoms with Gasteiger partial charge in [-0.15, -0.1) is 0 Å². The number of hydrogen-bond donors (Lipinski definition) is 1. The first-order valence-corrected chi connectivity index (χ1v) is 6.49. The lowest BCUT2D eigenvalue weighted by Crippen LogP contribution is -2.36. The van der Waals surface area contributed by atoms with Crippen LogP contribution in [0.25, 0.3) is 0 Å². The van der Waals surface area contributed by atoms with Crippen molar-refractivity contribution in [2.24, 2.45) is 5.73 Å². The van der Waals surface area contributed by atoms with E-state index in [1.807, 2.05) is 6.07 Å². The van der Waals surface area contributed by atoms with Gasteiger partial charge in [0.05, 0.1) is 5.60 Å². The molecule has 0 bridgehead atoms. The van der Waals surface area contributed by atoms with Crippen LogP contribution in [0.3, 0.4) is 0 Å². The Labute approximate surface area is 109 Å². The lowest BCUT2D eigenvalue weighted by atomic mass is 9.90. The second-order valence-electron chi connectivity index (χ2n) is 5.79. The molecule has 3 heteroatoms. The van der Waals surface area contributed by atoms with Crippen molar-refractivity contribution in [3.05, 3.63) is 29.3 Å². The maximum Gasteiger partial charge on any atom is 0.124 e. The van der Waals surface area contributed by atoms with Gasteiger partial charge in [-0.1, -0.05) is 17.7 Å². The van der Waals surface area contributed by atoms with Crippen molar-refractivity contribution in [3.63, 3.8) is 0 Å². The molecule has 0 radical (unpaired) electrons. The second kappa shape index (κ2) is 4.90. The van der Waals surface area contributed by atoms with Gasteiger partial charge >= 0.3 is 0 Å². The van der Waals surface area contributed by atoms with E-state index in [0.29, 0.717) is 0 Å². The quantitative estimate of drug-likeness (QED) is 0.895. The molecule has 2 atom stereocenters. The largest absolute Gasteiger partial charge is 0.490 e. The molecule has 0 aromatic heterocycles. The van der Waals surface area contributed by atoms with E-state index < -0.39 is 0 Å². The van der Waals surface area contributed by atoms with E-state index in [2.05, 4.69) is 32.9 Å². The van der Waals surface area contributed by atoms with Gasteiger partial charge < -0.3 is 15.2 Å². The number of benzene rings is 1. The Bertz CT molecular complexity index is 429. The Morgan fingerprint density at radius 3 is 2.83 bits per heavy atom. The minimum absolute atomic E-state index is 0.0614. The molecule has 1 aliphatic rings. The molecule has 0 spiro atoms. The monoisotopic (exact) mass is 249 g/mol. The van der Waals surface area contributed by atoms with Gasteiger partial charge in [-0.25, -0.2) is 0 Å². The van der Waals surface area contributed by atoms with Crippen molar-refractivity contribution in [2.75, 3.05) is 7.11 Å². The molecule has 18 heavy (non-hydrogen) atoms. The van der Waals surface area contributed by atoms with Crippen molar-refractivity contribution in [2.45, 2.75) is 51.4 Å². The third kappa shape index (κ3) is 2.85. The highest BCUT2D eigenvalue weighted by molar-refractivity contribution is 5.40. The summed E-state index contributed by atoms with van der Waals surface area (Å²) in [6.07, 6.45) is 1.83. The van der Waals surface area contributed by atoms with Gasteiger partial charge in [0.15, 0.2) is 0 Å². The summed E-state index contributed by atoms with van der Waals surface area (Å²) < 4.78 is 11.5. The summed E-state index contributed by atoms with van der Waals surface area (Å²) in [6.45, 7) is 6.23. The summed E-state index contributed by atoms with van der Waals surface area (Å²) in [5.41, 5.74) is 8.42. The van der Waals surface area contributed by atoms with E-state index in [-0.39, 0.29) is 17.7 Å². The molecular weight excluding hydrogens is 226 g/mol. The Morgan fingerprint density at radius 1 is 1.44 bits per heavy atom. The Hall–Kier alpha value is -1.06. The highest BCUT2D eigenvalue weighted by Gasteiger charge is 2.30. The first-order chi connectivity index (χ1) is 8.41. The summed E-state index contributed by atoms with van der Waals surface area (Å²) in [5.74, 6) is 0.927. The van der Waals surface area contributed by atoms with Gasteiger partial charge in [0, 0.05) is 31.6 Å². The molecule has 3 nitrogen and oxygen atoms in total. The molecule has 2 N–H and O–H groups in total. The summed E-state index contributed by atoms with van der Waals surface area (Å²) in [5, 5.41) is 0. The van der Waals surface area contributed by atoms with Gasteiger partial charge in [0.2, 0.25) is 0 Å². The highest BCUT2D eigenvalue weighted by Crippen LogP contribution is 2.36. The predicted molar refractivity (Wildman–Crippen MR) is 72.8 cm³/mol. The van der Waals surface area contributed by atoms with E-state index in [9.17, 15) is 0 Å². The molecule has 1 aliphatic heterocycles. The van der Waals surface area contributed by atoms with E-state index >= 15 is 0 Å². The Kier molecular flexibility index (Phi) is 3.64. The van der Waals surface area contributed by atoms with Gasteiger partial charge in [0.25, 0.3) is 0 Å². The fourth-order valence-corrected chi connectivity index (χ4v) is 2.46. The van der Waals surface area contributed by atoms with Crippen LogP contribution >= 0.6 is 0 Å². The summed E-state index contributed by atoms with van der Waals surface area (Å²) in [6, 6.07) is 6.27. The molecule has 2 rings (SSSR count). The van der Waals surface area contributed by atoms with Crippen LogP contribution in [-0.4, -0.2) is 18.8 Å². The van der Waals surface area contributed by atoms with Crippen LogP contribution in [0.5, 0.6) is 5.75 Å². The standard InChI is InChI=1S/C15H23NO2/c1-10-5-6-14-12(7-10)13(16)8-11(18-14)9-15(2,3)17-4/h5-7,11,13H,8-9,16H2,1-4H3/t11?,13-/m0/s1. The van der Waals surface area contributed by atoms with Crippen molar-refractivity contribution in [3.8, 4) is 5.75 Å². The van der Waals surface area contributed by atoms with Crippen LogP contribution in [-0.2, 0) is 4.74 Å². The van der Waals surface area contributed by atoms with E-state index in [1.165, 1.54) is 5.56 Å². The number of ether oxygens (including phenoxy) is 2. The molecule has 100 valence electrons. The molecule has 1 heterocycles. The molecule has 0 amide bonds. The third-order valence-electron chi connectivity index (χ3n) is 3.65. The first-order valence-electron chi connectivity index (χ1n) is 6.49. The van der Waals surface area contributed by atoms with Crippen LogP contribution in [0, 0.1) is 6.92 Å². The van der Waals surface area contributed by atoms with Crippen molar-refractivity contribution >= 4 is 0 Å². The molecule has 0 aliphatic carbocycles. The lowest BCUT2D eigenvalue weighted by molar-refractivity contribution is -0.0194. The zero-order valence-corrected chi connectivity index (χ0v) is 11.7. The predicted octanol–water partition coefficient (Wildman–Crippen LogP) is 2.96. The second-order valence-corrected chi connectivity index (χ2v) is 5.79. The SMILES string of the molecule is COC(C)(C)CC1C[C@H](N)c2cc(C)ccc2O1. The molecule has 1 unspecified atom stereocenters. The number of rotatable bonds is 3. The van der Waals surface area contributed by atoms with Crippen molar-refractivity contribution in [1.82, 2.24) is 0 Å². The van der Waals surface area contributed by atoms with E-state index in [4.69, 9.17) is 15.2 Å². The Balaban J connectivity index is 2.16. The molecule has 0 saturated heterocycles. The number of nitrogens with two attached hydrogens (primary N) is 1. The van der Waals surface area contributed by atoms with Crippen LogP contribution in [0.4, 0.5) is 0 Å². The maximum atomic E-state index is 6.25. The lowest BCUT2D eigenvalue weighted by Gasteiger charge is -2.35. The number of aryl methyl sites for hydroxylation is 1. The highest BCUT2D eigenvalue weighted by atomic mass is 16.5. The van der Waals surface area contributed by atoms with Gasteiger partial charge in [-0.05, 0) is 26.8 Å². The van der Waals surface area contributed by atoms with Gasteiger partial charge in [-0.3, -0.25) is 0 Å². The minimum Gasteiger partial charge on any atom is -0.490 e. The van der Waals surface area contributed by atoms with Crippen LogP contribution in [0.15, 0.2) is 18.2 Å². The normalized spacial score (nSPS) is 23.4. The first kappa shape index (κ1) is 13.4. The number of methoxy groups -OCH3 is 1. The summed E-state index contributed by atoms with van der Waals surface area (Å²) in [4.78, 5) is 0. The van der Waals surface area contributed by atoms with E-state index in [0.717, 1.165) is 24.2 Å². The third-order valence-corrected chi connectivity index (χ3v) is 3.65. The number of fused-ring (bicyclic) bond motifs is 1. The van der Waals surface area contributed by atoms with E-state index in [1.54, 1.807) is 7.11 Å². The van der Waals surface area contributed by atoms with Gasteiger partial charge in [0.1, 0.15) is 11.9 Å². The van der Waals surface area contributed by atoms with Crippen molar-refractivity contribution in [1.29, 1.82) is 0 Å². The fourth-order valence-electron chi connectivity index (χ4n) is 2.46. The molecular formula is C15H23NO2. The molecule has 0 saturated carbocycles.